The Bertz CT molecular complexity index is 885. The van der Waals surface area contributed by atoms with Crippen LogP contribution < -0.4 is 15.4 Å². The van der Waals surface area contributed by atoms with Gasteiger partial charge in [0, 0.05) is 17.8 Å². The van der Waals surface area contributed by atoms with Crippen molar-refractivity contribution in [3.8, 4) is 5.75 Å². The summed E-state index contributed by atoms with van der Waals surface area (Å²) in [5.74, 6) is 2.07. The minimum Gasteiger partial charge on any atom is -0.489 e. The van der Waals surface area contributed by atoms with Gasteiger partial charge >= 0.3 is 0 Å². The van der Waals surface area contributed by atoms with Crippen LogP contribution in [0, 0.1) is 0 Å². The Labute approximate surface area is 164 Å². The molecule has 0 saturated carbocycles. The molecule has 27 heavy (non-hydrogen) atoms. The second-order valence-corrected chi connectivity index (χ2v) is 6.80. The molecule has 0 aliphatic rings. The topological polar surface area (TPSA) is 59.1 Å². The van der Waals surface area contributed by atoms with Crippen LogP contribution in [-0.2, 0) is 6.42 Å². The number of para-hydroxylation sites is 2. The summed E-state index contributed by atoms with van der Waals surface area (Å²) in [5, 5.41) is 7.30. The van der Waals surface area contributed by atoms with Gasteiger partial charge in [0.05, 0.1) is 11.8 Å². The average molecular weight is 383 g/mol. The molecule has 6 heteroatoms. The monoisotopic (exact) mass is 382 g/mol. The summed E-state index contributed by atoms with van der Waals surface area (Å²) in [7, 11) is 0. The summed E-state index contributed by atoms with van der Waals surface area (Å²) in [6.45, 7) is 4.73. The van der Waals surface area contributed by atoms with E-state index in [1.54, 1.807) is 6.20 Å². The van der Waals surface area contributed by atoms with E-state index in [9.17, 15) is 0 Å². The number of halogens is 1. The summed E-state index contributed by atoms with van der Waals surface area (Å²) in [5.41, 5.74) is 2.04. The first-order chi connectivity index (χ1) is 13.1. The normalized spacial score (nSPS) is 10.7. The van der Waals surface area contributed by atoms with E-state index in [4.69, 9.17) is 16.3 Å². The largest absolute Gasteiger partial charge is 0.489 e. The van der Waals surface area contributed by atoms with Gasteiger partial charge < -0.3 is 15.4 Å². The molecule has 0 aliphatic heterocycles. The second-order valence-electron chi connectivity index (χ2n) is 6.36. The Morgan fingerprint density at radius 2 is 1.93 bits per heavy atom. The summed E-state index contributed by atoms with van der Waals surface area (Å²) >= 11 is 6.02. The lowest BCUT2D eigenvalue weighted by Crippen LogP contribution is -2.09. The van der Waals surface area contributed by atoms with Crippen molar-refractivity contribution in [1.29, 1.82) is 0 Å². The van der Waals surface area contributed by atoms with Crippen molar-refractivity contribution in [2.45, 2.75) is 26.4 Å². The molecule has 0 spiro atoms. The van der Waals surface area contributed by atoms with Gasteiger partial charge in [-0.2, -0.15) is 4.98 Å². The fourth-order valence-corrected chi connectivity index (χ4v) is 2.80. The molecular weight excluding hydrogens is 360 g/mol. The number of nitrogens with one attached hydrogen (secondary N) is 2. The van der Waals surface area contributed by atoms with Gasteiger partial charge in [-0.15, -0.1) is 0 Å². The van der Waals surface area contributed by atoms with Crippen LogP contribution >= 0.6 is 11.6 Å². The number of benzene rings is 2. The van der Waals surface area contributed by atoms with Gasteiger partial charge in [0.25, 0.3) is 0 Å². The minimum absolute atomic E-state index is 0.0991. The molecule has 140 valence electrons. The first kappa shape index (κ1) is 19.0. The maximum absolute atomic E-state index is 6.02. The fourth-order valence-electron chi connectivity index (χ4n) is 2.59. The molecule has 0 atom stereocenters. The smallest absolute Gasteiger partial charge is 0.224 e. The van der Waals surface area contributed by atoms with E-state index in [0.717, 1.165) is 29.4 Å². The third kappa shape index (κ3) is 5.86. The molecule has 0 radical (unpaired) electrons. The number of aromatic nitrogens is 2. The highest BCUT2D eigenvalue weighted by molar-refractivity contribution is 6.30. The third-order valence-corrected chi connectivity index (χ3v) is 3.99. The van der Waals surface area contributed by atoms with Gasteiger partial charge in [0.2, 0.25) is 5.95 Å². The van der Waals surface area contributed by atoms with Crippen LogP contribution in [0.15, 0.2) is 60.8 Å². The number of rotatable bonds is 8. The molecule has 0 unspecified atom stereocenters. The zero-order valence-corrected chi connectivity index (χ0v) is 16.2. The zero-order chi connectivity index (χ0) is 19.1. The third-order valence-electron chi connectivity index (χ3n) is 3.75. The highest BCUT2D eigenvalue weighted by Gasteiger charge is 2.07. The Morgan fingerprint density at radius 1 is 1.07 bits per heavy atom. The molecule has 2 N–H and O–H groups in total. The molecule has 0 aliphatic carbocycles. The predicted molar refractivity (Wildman–Crippen MR) is 111 cm³/mol. The Morgan fingerprint density at radius 3 is 2.74 bits per heavy atom. The van der Waals surface area contributed by atoms with Gasteiger partial charge in [-0.1, -0.05) is 35.9 Å². The Hall–Kier alpha value is -2.79. The molecule has 0 fully saturated rings. The van der Waals surface area contributed by atoms with Crippen molar-refractivity contribution >= 4 is 29.1 Å². The molecule has 1 aromatic heterocycles. The summed E-state index contributed by atoms with van der Waals surface area (Å²) in [4.78, 5) is 8.80. The SMILES string of the molecule is CC(C)Oc1ccccc1Nc1ccnc(NCCc2cccc(Cl)c2)n1. The lowest BCUT2D eigenvalue weighted by molar-refractivity contribution is 0.244. The molecule has 3 rings (SSSR count). The standard InChI is InChI=1S/C21H23ClN4O/c1-15(2)27-19-9-4-3-8-18(19)25-20-11-13-24-21(26-20)23-12-10-16-6-5-7-17(22)14-16/h3-9,11,13-15H,10,12H2,1-2H3,(H2,23,24,25,26). The number of nitrogens with zero attached hydrogens (tertiary/aromatic N) is 2. The van der Waals surface area contributed by atoms with Crippen LogP contribution in [0.3, 0.4) is 0 Å². The van der Waals surface area contributed by atoms with Crippen molar-refractivity contribution in [1.82, 2.24) is 9.97 Å². The van der Waals surface area contributed by atoms with Gasteiger partial charge in [-0.3, -0.25) is 0 Å². The fraction of sp³-hybridized carbons (Fsp3) is 0.238. The van der Waals surface area contributed by atoms with Crippen LogP contribution in [0.4, 0.5) is 17.5 Å². The molecular formula is C21H23ClN4O. The predicted octanol–water partition coefficient (Wildman–Crippen LogP) is 5.32. The number of hydrogen-bond acceptors (Lipinski definition) is 5. The van der Waals surface area contributed by atoms with Crippen LogP contribution in [-0.4, -0.2) is 22.6 Å². The van der Waals surface area contributed by atoms with E-state index >= 15 is 0 Å². The molecule has 1 heterocycles. The molecule has 5 nitrogen and oxygen atoms in total. The van der Waals surface area contributed by atoms with E-state index in [-0.39, 0.29) is 6.10 Å². The summed E-state index contributed by atoms with van der Waals surface area (Å²) in [6, 6.07) is 17.5. The molecule has 0 bridgehead atoms. The highest BCUT2D eigenvalue weighted by atomic mass is 35.5. The number of anilines is 3. The number of ether oxygens (including phenoxy) is 1. The summed E-state index contributed by atoms with van der Waals surface area (Å²) < 4.78 is 5.84. The Kier molecular flexibility index (Phi) is 6.49. The summed E-state index contributed by atoms with van der Waals surface area (Å²) in [6.07, 6.45) is 2.66. The van der Waals surface area contributed by atoms with Crippen LogP contribution in [0.1, 0.15) is 19.4 Å². The average Bonchev–Trinajstić information content (AvgIpc) is 2.63. The minimum atomic E-state index is 0.0991. The van der Waals surface area contributed by atoms with E-state index in [1.807, 2.05) is 62.4 Å². The second kappa shape index (κ2) is 9.24. The first-order valence-electron chi connectivity index (χ1n) is 8.94. The van der Waals surface area contributed by atoms with Crippen molar-refractivity contribution < 1.29 is 4.74 Å². The Balaban J connectivity index is 1.62. The van der Waals surface area contributed by atoms with Crippen molar-refractivity contribution in [3.63, 3.8) is 0 Å². The van der Waals surface area contributed by atoms with Crippen LogP contribution in [0.5, 0.6) is 5.75 Å². The first-order valence-corrected chi connectivity index (χ1v) is 9.32. The maximum atomic E-state index is 6.02. The molecule has 2 aromatic carbocycles. The van der Waals surface area contributed by atoms with E-state index < -0.39 is 0 Å². The van der Waals surface area contributed by atoms with Gasteiger partial charge in [-0.05, 0) is 56.2 Å². The van der Waals surface area contributed by atoms with E-state index in [1.165, 1.54) is 5.56 Å². The highest BCUT2D eigenvalue weighted by Crippen LogP contribution is 2.27. The van der Waals surface area contributed by atoms with Gasteiger partial charge in [-0.25, -0.2) is 4.98 Å². The molecule has 3 aromatic rings. The van der Waals surface area contributed by atoms with Crippen molar-refractivity contribution in [2.24, 2.45) is 0 Å². The van der Waals surface area contributed by atoms with Crippen molar-refractivity contribution in [3.05, 3.63) is 71.4 Å². The molecule has 0 amide bonds. The van der Waals surface area contributed by atoms with E-state index in [2.05, 4.69) is 26.7 Å². The van der Waals surface area contributed by atoms with E-state index in [0.29, 0.717) is 11.8 Å². The quantitative estimate of drug-likeness (QED) is 0.552. The lowest BCUT2D eigenvalue weighted by atomic mass is 10.1. The van der Waals surface area contributed by atoms with Crippen LogP contribution in [0.2, 0.25) is 5.02 Å². The molecule has 0 saturated heterocycles. The van der Waals surface area contributed by atoms with Crippen LogP contribution in [0.25, 0.3) is 0 Å². The number of hydrogen-bond donors (Lipinski definition) is 2. The lowest BCUT2D eigenvalue weighted by Gasteiger charge is -2.15. The maximum Gasteiger partial charge on any atom is 0.224 e. The zero-order valence-electron chi connectivity index (χ0n) is 15.4. The van der Waals surface area contributed by atoms with Gasteiger partial charge in [0.15, 0.2) is 0 Å². The van der Waals surface area contributed by atoms with Crippen molar-refractivity contribution in [2.75, 3.05) is 17.2 Å². The van der Waals surface area contributed by atoms with Gasteiger partial charge in [0.1, 0.15) is 11.6 Å².